The van der Waals surface area contributed by atoms with Gasteiger partial charge in [-0.2, -0.15) is 0 Å². The Balaban J connectivity index is 2.41. The van der Waals surface area contributed by atoms with Crippen LogP contribution in [0.5, 0.6) is 0 Å². The van der Waals surface area contributed by atoms with Crippen LogP contribution in [0.3, 0.4) is 0 Å². The summed E-state index contributed by atoms with van der Waals surface area (Å²) in [5, 5.41) is 4.30. The molecule has 0 unspecified atom stereocenters. The number of nitrogens with one attached hydrogen (secondary N) is 1. The number of hydrogen-bond donors (Lipinski definition) is 2. The number of aromatic amines is 1. The Labute approximate surface area is 85.9 Å². The number of aromatic nitrogens is 4. The summed E-state index contributed by atoms with van der Waals surface area (Å²) in [4.78, 5) is 8.45. The molecule has 0 amide bonds. The minimum absolute atomic E-state index is 0.602. The van der Waals surface area contributed by atoms with E-state index in [0.717, 1.165) is 28.5 Å². The third kappa shape index (κ3) is 1.13. The average molecular weight is 201 g/mol. The van der Waals surface area contributed by atoms with Gasteiger partial charge in [-0.05, 0) is 12.1 Å². The number of rotatable bonds is 2. The van der Waals surface area contributed by atoms with Crippen LogP contribution in [0.2, 0.25) is 0 Å². The van der Waals surface area contributed by atoms with E-state index in [9.17, 15) is 0 Å². The van der Waals surface area contributed by atoms with E-state index in [1.165, 1.54) is 0 Å². The van der Waals surface area contributed by atoms with E-state index in [1.807, 2.05) is 23.0 Å². The first-order valence-corrected chi connectivity index (χ1v) is 4.87. The number of nitrogens with zero attached hydrogens (tertiary/aromatic N) is 3. The Kier molecular flexibility index (Phi) is 1.72. The normalized spacial score (nSPS) is 11.5. The molecule has 1 aromatic carbocycles. The van der Waals surface area contributed by atoms with Gasteiger partial charge in [-0.1, -0.05) is 0 Å². The fourth-order valence-corrected chi connectivity index (χ4v) is 1.88. The van der Waals surface area contributed by atoms with Crippen LogP contribution in [0.4, 0.5) is 0 Å². The van der Waals surface area contributed by atoms with Crippen LogP contribution in [-0.4, -0.2) is 26.3 Å². The summed E-state index contributed by atoms with van der Waals surface area (Å²) in [6, 6.07) is 4.02. The molecule has 0 radical (unpaired) electrons. The molecule has 0 aliphatic carbocycles. The van der Waals surface area contributed by atoms with Crippen molar-refractivity contribution >= 4 is 21.9 Å². The van der Waals surface area contributed by atoms with Gasteiger partial charge in [0.1, 0.15) is 11.8 Å². The van der Waals surface area contributed by atoms with Gasteiger partial charge in [0.25, 0.3) is 0 Å². The number of hydrogen-bond acceptors (Lipinski definition) is 3. The van der Waals surface area contributed by atoms with Gasteiger partial charge in [-0.3, -0.25) is 4.68 Å². The largest absolute Gasteiger partial charge is 0.329 e. The highest BCUT2D eigenvalue weighted by Gasteiger charge is 2.07. The van der Waals surface area contributed by atoms with Gasteiger partial charge in [0.15, 0.2) is 0 Å². The maximum atomic E-state index is 5.55. The lowest BCUT2D eigenvalue weighted by Gasteiger charge is -2.02. The van der Waals surface area contributed by atoms with E-state index >= 15 is 0 Å². The third-order valence-electron chi connectivity index (χ3n) is 2.54. The summed E-state index contributed by atoms with van der Waals surface area (Å²) in [6.07, 6.45) is 3.54. The summed E-state index contributed by atoms with van der Waals surface area (Å²) in [7, 11) is 0. The van der Waals surface area contributed by atoms with Crippen molar-refractivity contribution in [3.63, 3.8) is 0 Å². The van der Waals surface area contributed by atoms with Crippen LogP contribution in [0.15, 0.2) is 24.7 Å². The molecule has 0 aliphatic rings. The summed E-state index contributed by atoms with van der Waals surface area (Å²) in [5.41, 5.74) is 8.49. The monoisotopic (exact) mass is 201 g/mol. The van der Waals surface area contributed by atoms with E-state index in [0.29, 0.717) is 6.54 Å². The third-order valence-corrected chi connectivity index (χ3v) is 2.54. The Morgan fingerprint density at radius 3 is 3.13 bits per heavy atom. The minimum atomic E-state index is 0.602. The van der Waals surface area contributed by atoms with Crippen molar-refractivity contribution in [3.8, 4) is 0 Å². The van der Waals surface area contributed by atoms with Gasteiger partial charge < -0.3 is 10.8 Å². The Morgan fingerprint density at radius 2 is 2.27 bits per heavy atom. The standard InChI is InChI=1S/C10H11N5/c11-3-4-15-10-7(5-14-15)1-2-8-9(10)13-6-12-8/h1-2,5-6,14H,3-4,11H2. The first-order chi connectivity index (χ1) is 7.40. The second-order valence-electron chi connectivity index (χ2n) is 3.46. The molecular weight excluding hydrogens is 190 g/mol. The molecule has 0 atom stereocenters. The van der Waals surface area contributed by atoms with Crippen LogP contribution in [0.1, 0.15) is 0 Å². The minimum Gasteiger partial charge on any atom is -0.329 e. The lowest BCUT2D eigenvalue weighted by Crippen LogP contribution is -2.10. The number of benzene rings is 1. The van der Waals surface area contributed by atoms with Gasteiger partial charge >= 0.3 is 0 Å². The first-order valence-electron chi connectivity index (χ1n) is 4.87. The van der Waals surface area contributed by atoms with Crippen molar-refractivity contribution < 1.29 is 0 Å². The second kappa shape index (κ2) is 3.06. The lowest BCUT2D eigenvalue weighted by molar-refractivity contribution is 0.647. The molecule has 5 nitrogen and oxygen atoms in total. The second-order valence-corrected chi connectivity index (χ2v) is 3.46. The summed E-state index contributed by atoms with van der Waals surface area (Å²) < 4.78 is 2.01. The molecule has 76 valence electrons. The van der Waals surface area contributed by atoms with Crippen molar-refractivity contribution in [1.29, 1.82) is 0 Å². The molecule has 3 aromatic rings. The number of imidazole rings is 1. The maximum Gasteiger partial charge on any atom is 0.117 e. The summed E-state index contributed by atoms with van der Waals surface area (Å²) >= 11 is 0. The van der Waals surface area contributed by atoms with Crippen LogP contribution >= 0.6 is 0 Å². The molecule has 0 saturated heterocycles. The lowest BCUT2D eigenvalue weighted by atomic mass is 10.2. The smallest absolute Gasteiger partial charge is 0.117 e. The molecule has 2 heterocycles. The first kappa shape index (κ1) is 8.43. The zero-order chi connectivity index (χ0) is 10.3. The van der Waals surface area contributed by atoms with Gasteiger partial charge in [0.05, 0.1) is 17.6 Å². The van der Waals surface area contributed by atoms with Crippen molar-refractivity contribution in [2.75, 3.05) is 6.54 Å². The van der Waals surface area contributed by atoms with Crippen LogP contribution in [0, 0.1) is 0 Å². The predicted molar refractivity (Wildman–Crippen MR) is 58.4 cm³/mol. The Morgan fingerprint density at radius 1 is 1.33 bits per heavy atom. The zero-order valence-electron chi connectivity index (χ0n) is 8.14. The zero-order valence-corrected chi connectivity index (χ0v) is 8.14. The number of nitrogens with two attached hydrogens (primary N) is 1. The number of fused-ring (bicyclic) bond motifs is 3. The highest BCUT2D eigenvalue weighted by atomic mass is 15.3. The van der Waals surface area contributed by atoms with E-state index in [-0.39, 0.29) is 0 Å². The molecule has 5 heteroatoms. The number of H-pyrrole nitrogens is 1. The van der Waals surface area contributed by atoms with Crippen LogP contribution in [-0.2, 0) is 6.54 Å². The molecule has 0 aliphatic heterocycles. The van der Waals surface area contributed by atoms with Crippen molar-refractivity contribution in [3.05, 3.63) is 24.7 Å². The fraction of sp³-hybridized carbons (Fsp3) is 0.200. The van der Waals surface area contributed by atoms with Gasteiger partial charge in [0, 0.05) is 18.1 Å². The topological polar surface area (TPSA) is 72.5 Å². The highest BCUT2D eigenvalue weighted by molar-refractivity contribution is 6.01. The fourth-order valence-electron chi connectivity index (χ4n) is 1.88. The molecule has 2 aromatic heterocycles. The molecule has 0 fully saturated rings. The molecular formula is C10H11N5. The van der Waals surface area contributed by atoms with Crippen LogP contribution < -0.4 is 5.73 Å². The van der Waals surface area contributed by atoms with E-state index in [1.54, 1.807) is 6.33 Å². The van der Waals surface area contributed by atoms with Crippen LogP contribution in [0.25, 0.3) is 21.9 Å². The Bertz CT molecular complexity index is 606. The molecule has 0 spiro atoms. The van der Waals surface area contributed by atoms with E-state index in [2.05, 4.69) is 15.1 Å². The summed E-state index contributed by atoms with van der Waals surface area (Å²) in [5.74, 6) is 0. The average Bonchev–Trinajstić information content (AvgIpc) is 2.83. The predicted octanol–water partition coefficient (Wildman–Crippen LogP) is 0.871. The molecule has 0 bridgehead atoms. The highest BCUT2D eigenvalue weighted by Crippen LogP contribution is 2.22. The summed E-state index contributed by atoms with van der Waals surface area (Å²) in [6.45, 7) is 1.36. The quantitative estimate of drug-likeness (QED) is 0.646. The molecule has 0 saturated carbocycles. The SMILES string of the molecule is NCCn1[nH]cc2ccc3ncnc3c21. The molecule has 3 N–H and O–H groups in total. The van der Waals surface area contributed by atoms with Gasteiger partial charge in [0.2, 0.25) is 0 Å². The molecule has 3 rings (SSSR count). The Hall–Kier alpha value is -1.88. The van der Waals surface area contributed by atoms with E-state index in [4.69, 9.17) is 5.73 Å². The van der Waals surface area contributed by atoms with Crippen molar-refractivity contribution in [1.82, 2.24) is 19.7 Å². The van der Waals surface area contributed by atoms with Gasteiger partial charge in [-0.25, -0.2) is 9.97 Å². The molecule has 15 heavy (non-hydrogen) atoms. The van der Waals surface area contributed by atoms with Crippen molar-refractivity contribution in [2.24, 2.45) is 5.73 Å². The maximum absolute atomic E-state index is 5.55. The van der Waals surface area contributed by atoms with E-state index < -0.39 is 0 Å². The van der Waals surface area contributed by atoms with Gasteiger partial charge in [-0.15, -0.1) is 0 Å². The van der Waals surface area contributed by atoms with Crippen molar-refractivity contribution in [2.45, 2.75) is 6.54 Å².